The molecule has 0 unspecified atom stereocenters. The van der Waals surface area contributed by atoms with E-state index in [9.17, 15) is 9.50 Å². The molecule has 0 radical (unpaired) electrons. The maximum absolute atomic E-state index is 13.8. The molecule has 152 valence electrons. The number of β-amino-alcohol motifs (C(OH)–C–C–N with tert-alkyl or cyclic N) is 1. The van der Waals surface area contributed by atoms with Gasteiger partial charge in [-0.1, -0.05) is 12.1 Å². The van der Waals surface area contributed by atoms with Gasteiger partial charge in [0.2, 0.25) is 0 Å². The summed E-state index contributed by atoms with van der Waals surface area (Å²) >= 11 is 0. The average molecular weight is 396 g/mol. The lowest BCUT2D eigenvalue weighted by molar-refractivity contribution is 0.191. The zero-order valence-corrected chi connectivity index (χ0v) is 16.6. The Labute approximate surface area is 169 Å². The molecule has 1 aromatic carbocycles. The molecule has 0 bridgehead atoms. The van der Waals surface area contributed by atoms with Crippen LogP contribution < -0.4 is 10.2 Å². The number of aliphatic hydroxyl groups is 1. The maximum Gasteiger partial charge on any atom is 0.149 e. The maximum atomic E-state index is 13.8. The Morgan fingerprint density at radius 3 is 2.93 bits per heavy atom. The summed E-state index contributed by atoms with van der Waals surface area (Å²) in [6, 6.07) is 8.97. The van der Waals surface area contributed by atoms with Gasteiger partial charge in [-0.2, -0.15) is 0 Å². The number of rotatable bonds is 6. The molecule has 29 heavy (non-hydrogen) atoms. The highest BCUT2D eigenvalue weighted by atomic mass is 19.1. The SMILES string of the molecule is CN(C)C[C@H]1C[C@@H](O)CN1c1cc(NCc2cnc3c(F)cccc3c2)ncn1. The summed E-state index contributed by atoms with van der Waals surface area (Å²) in [6.45, 7) is 1.93. The zero-order chi connectivity index (χ0) is 20.4. The molecule has 2 aromatic heterocycles. The van der Waals surface area contributed by atoms with E-state index in [0.717, 1.165) is 29.7 Å². The second kappa shape index (κ2) is 8.26. The molecule has 8 heteroatoms. The van der Waals surface area contributed by atoms with E-state index < -0.39 is 0 Å². The lowest BCUT2D eigenvalue weighted by atomic mass is 10.1. The summed E-state index contributed by atoms with van der Waals surface area (Å²) in [4.78, 5) is 17.2. The van der Waals surface area contributed by atoms with Crippen molar-refractivity contribution in [2.75, 3.05) is 37.4 Å². The Kier molecular flexibility index (Phi) is 5.55. The summed E-state index contributed by atoms with van der Waals surface area (Å²) in [6.07, 6.45) is 3.58. The first-order chi connectivity index (χ1) is 14.0. The number of pyridine rings is 1. The Bertz CT molecular complexity index is 998. The third kappa shape index (κ3) is 4.44. The van der Waals surface area contributed by atoms with Crippen LogP contribution in [0.4, 0.5) is 16.0 Å². The quantitative estimate of drug-likeness (QED) is 0.662. The molecule has 0 amide bonds. The molecule has 1 fully saturated rings. The van der Waals surface area contributed by atoms with Crippen molar-refractivity contribution in [2.45, 2.75) is 25.1 Å². The Balaban J connectivity index is 1.48. The number of halogens is 1. The van der Waals surface area contributed by atoms with Crippen LogP contribution in [-0.4, -0.2) is 64.3 Å². The minimum atomic E-state index is -0.351. The van der Waals surface area contributed by atoms with Crippen molar-refractivity contribution in [3.05, 3.63) is 54.2 Å². The number of hydrogen-bond acceptors (Lipinski definition) is 7. The third-order valence-electron chi connectivity index (χ3n) is 5.11. The van der Waals surface area contributed by atoms with Crippen molar-refractivity contribution < 1.29 is 9.50 Å². The normalized spacial score (nSPS) is 19.3. The van der Waals surface area contributed by atoms with Crippen LogP contribution in [0.25, 0.3) is 10.9 Å². The molecule has 1 aliphatic rings. The number of anilines is 2. The average Bonchev–Trinajstić information content (AvgIpc) is 3.06. The minimum Gasteiger partial charge on any atom is -0.391 e. The van der Waals surface area contributed by atoms with E-state index in [1.807, 2.05) is 32.3 Å². The molecule has 0 aliphatic carbocycles. The number of aromatic nitrogens is 3. The smallest absolute Gasteiger partial charge is 0.149 e. The monoisotopic (exact) mass is 396 g/mol. The molecule has 1 aliphatic heterocycles. The summed E-state index contributed by atoms with van der Waals surface area (Å²) in [5, 5.41) is 14.2. The molecular weight excluding hydrogens is 371 g/mol. The van der Waals surface area contributed by atoms with Gasteiger partial charge in [-0.05, 0) is 38.2 Å². The van der Waals surface area contributed by atoms with Crippen molar-refractivity contribution in [1.82, 2.24) is 19.9 Å². The molecule has 2 atom stereocenters. The second-order valence-corrected chi connectivity index (χ2v) is 7.73. The zero-order valence-electron chi connectivity index (χ0n) is 16.6. The van der Waals surface area contributed by atoms with Crippen molar-refractivity contribution in [3.63, 3.8) is 0 Å². The van der Waals surface area contributed by atoms with Gasteiger partial charge in [0.15, 0.2) is 0 Å². The number of nitrogens with zero attached hydrogens (tertiary/aromatic N) is 5. The predicted octanol–water partition coefficient (Wildman–Crippen LogP) is 2.28. The van der Waals surface area contributed by atoms with Gasteiger partial charge in [-0.25, -0.2) is 14.4 Å². The highest BCUT2D eigenvalue weighted by molar-refractivity contribution is 5.79. The fourth-order valence-corrected chi connectivity index (χ4v) is 3.83. The van der Waals surface area contributed by atoms with E-state index in [4.69, 9.17) is 0 Å². The number of benzene rings is 1. The van der Waals surface area contributed by atoms with E-state index >= 15 is 0 Å². The number of nitrogens with one attached hydrogen (secondary N) is 1. The van der Waals surface area contributed by atoms with Crippen molar-refractivity contribution in [3.8, 4) is 0 Å². The predicted molar refractivity (Wildman–Crippen MR) is 111 cm³/mol. The standard InChI is InChI=1S/C21H25FN6O/c1-27(2)11-16-7-17(29)12-28(16)20-8-19(25-13-26-20)23-9-14-6-15-4-3-5-18(22)21(15)24-10-14/h3-6,8,10,13,16-17,29H,7,9,11-12H2,1-2H3,(H,23,25,26)/t16-,17-/m1/s1. The number of likely N-dealkylation sites (N-methyl/N-ethyl adjacent to an activating group) is 1. The van der Waals surface area contributed by atoms with Crippen LogP contribution in [0.1, 0.15) is 12.0 Å². The molecule has 0 saturated carbocycles. The van der Waals surface area contributed by atoms with Gasteiger partial charge in [-0.15, -0.1) is 0 Å². The minimum absolute atomic E-state index is 0.210. The van der Waals surface area contributed by atoms with E-state index in [1.54, 1.807) is 12.3 Å². The van der Waals surface area contributed by atoms with Crippen LogP contribution in [0.3, 0.4) is 0 Å². The molecule has 2 N–H and O–H groups in total. The molecule has 0 spiro atoms. The number of hydrogen-bond donors (Lipinski definition) is 2. The van der Waals surface area contributed by atoms with Crippen molar-refractivity contribution >= 4 is 22.5 Å². The summed E-state index contributed by atoms with van der Waals surface area (Å²) in [7, 11) is 4.05. The molecule has 7 nitrogen and oxygen atoms in total. The molecular formula is C21H25FN6O. The topological polar surface area (TPSA) is 77.4 Å². The van der Waals surface area contributed by atoms with Crippen LogP contribution in [0.2, 0.25) is 0 Å². The fourth-order valence-electron chi connectivity index (χ4n) is 3.83. The lowest BCUT2D eigenvalue weighted by Gasteiger charge is -2.27. The number of para-hydroxylation sites is 1. The van der Waals surface area contributed by atoms with Gasteiger partial charge in [0, 0.05) is 43.3 Å². The molecule has 4 rings (SSSR count). The Hall–Kier alpha value is -2.84. The molecule has 3 aromatic rings. The fraction of sp³-hybridized carbons (Fsp3) is 0.381. The van der Waals surface area contributed by atoms with Crippen LogP contribution in [-0.2, 0) is 6.54 Å². The van der Waals surface area contributed by atoms with E-state index in [1.165, 1.54) is 12.4 Å². The second-order valence-electron chi connectivity index (χ2n) is 7.73. The van der Waals surface area contributed by atoms with Crippen molar-refractivity contribution in [1.29, 1.82) is 0 Å². The Morgan fingerprint density at radius 2 is 2.10 bits per heavy atom. The van der Waals surface area contributed by atoms with Crippen LogP contribution in [0, 0.1) is 5.82 Å². The summed E-state index contributed by atoms with van der Waals surface area (Å²) in [5.74, 6) is 1.17. The van der Waals surface area contributed by atoms with Crippen LogP contribution >= 0.6 is 0 Å². The van der Waals surface area contributed by atoms with Gasteiger partial charge in [-0.3, -0.25) is 4.98 Å². The third-order valence-corrected chi connectivity index (χ3v) is 5.11. The highest BCUT2D eigenvalue weighted by Gasteiger charge is 2.32. The van der Waals surface area contributed by atoms with Gasteiger partial charge in [0.1, 0.15) is 29.3 Å². The summed E-state index contributed by atoms with van der Waals surface area (Å²) in [5.41, 5.74) is 1.31. The van der Waals surface area contributed by atoms with E-state index in [2.05, 4.69) is 30.1 Å². The van der Waals surface area contributed by atoms with E-state index in [-0.39, 0.29) is 18.0 Å². The molecule has 3 heterocycles. The van der Waals surface area contributed by atoms with Crippen LogP contribution in [0.15, 0.2) is 42.9 Å². The van der Waals surface area contributed by atoms with Gasteiger partial charge < -0.3 is 20.2 Å². The first-order valence-corrected chi connectivity index (χ1v) is 9.68. The first-order valence-electron chi connectivity index (χ1n) is 9.68. The Morgan fingerprint density at radius 1 is 1.24 bits per heavy atom. The molecule has 1 saturated heterocycles. The van der Waals surface area contributed by atoms with Crippen molar-refractivity contribution in [2.24, 2.45) is 0 Å². The highest BCUT2D eigenvalue weighted by Crippen LogP contribution is 2.26. The number of aliphatic hydroxyl groups excluding tert-OH is 1. The van der Waals surface area contributed by atoms with Gasteiger partial charge >= 0.3 is 0 Å². The largest absolute Gasteiger partial charge is 0.391 e. The summed E-state index contributed by atoms with van der Waals surface area (Å²) < 4.78 is 13.8. The lowest BCUT2D eigenvalue weighted by Crippen LogP contribution is -2.38. The van der Waals surface area contributed by atoms with Gasteiger partial charge in [0.25, 0.3) is 0 Å². The van der Waals surface area contributed by atoms with Gasteiger partial charge in [0.05, 0.1) is 6.10 Å². The first kappa shape index (κ1) is 19.5. The van der Waals surface area contributed by atoms with E-state index in [0.29, 0.717) is 24.4 Å². The van der Waals surface area contributed by atoms with Crippen LogP contribution in [0.5, 0.6) is 0 Å². The number of fused-ring (bicyclic) bond motifs is 1.